The lowest BCUT2D eigenvalue weighted by atomic mass is 9.93. The molecule has 0 fully saturated rings. The first-order chi connectivity index (χ1) is 24.8. The molecule has 0 aliphatic rings. The Bertz CT molecular complexity index is 1770. The number of alkyl halides is 3. The number of halogens is 3. The van der Waals surface area contributed by atoms with Crippen LogP contribution in [-0.4, -0.2) is 72.9 Å². The summed E-state index contributed by atoms with van der Waals surface area (Å²) in [6.07, 6.45) is -5.16. The molecule has 14 nitrogen and oxygen atoms in total. The van der Waals surface area contributed by atoms with Gasteiger partial charge in [-0.3, -0.25) is 15.4 Å². The summed E-state index contributed by atoms with van der Waals surface area (Å²) in [6.45, 7) is 2.18. The van der Waals surface area contributed by atoms with Crippen LogP contribution in [0.25, 0.3) is 0 Å². The van der Waals surface area contributed by atoms with Crippen LogP contribution in [0.2, 0.25) is 0 Å². The summed E-state index contributed by atoms with van der Waals surface area (Å²) >= 11 is 0. The SMILES string of the molecule is CNCCC(Oc1ccc(C(F)(F)F)cc1)c1ccccc1.C[C@@](Cc1ccc(O)c(O)c1)(NN)C(=O)O.N[C@H](C(=O)O)[C@@H](O)c1ccc(O)c(O)c1. The van der Waals surface area contributed by atoms with Crippen LogP contribution in [0, 0.1) is 0 Å². The van der Waals surface area contributed by atoms with Crippen LogP contribution in [0.15, 0.2) is 91.0 Å². The summed E-state index contributed by atoms with van der Waals surface area (Å²) in [5.74, 6) is 1.83. The summed E-state index contributed by atoms with van der Waals surface area (Å²) < 4.78 is 43.6. The minimum atomic E-state index is -4.33. The van der Waals surface area contributed by atoms with E-state index in [1.54, 1.807) is 0 Å². The molecule has 0 aliphatic carbocycles. The van der Waals surface area contributed by atoms with E-state index >= 15 is 0 Å². The second-order valence-corrected chi connectivity index (χ2v) is 11.8. The van der Waals surface area contributed by atoms with Crippen molar-refractivity contribution in [2.24, 2.45) is 11.6 Å². The Kier molecular flexibility index (Phi) is 16.3. The van der Waals surface area contributed by atoms with Gasteiger partial charge < -0.3 is 51.5 Å². The van der Waals surface area contributed by atoms with Crippen LogP contribution >= 0.6 is 0 Å². The van der Waals surface area contributed by atoms with E-state index in [0.29, 0.717) is 11.3 Å². The maximum Gasteiger partial charge on any atom is 0.416 e. The first kappa shape index (κ1) is 43.6. The van der Waals surface area contributed by atoms with Crippen LogP contribution in [0.4, 0.5) is 13.2 Å². The highest BCUT2D eigenvalue weighted by molar-refractivity contribution is 5.78. The predicted molar refractivity (Wildman–Crippen MR) is 187 cm³/mol. The number of phenols is 4. The molecule has 0 radical (unpaired) electrons. The monoisotopic (exact) mass is 748 g/mol. The lowest BCUT2D eigenvalue weighted by Gasteiger charge is -2.23. The Morgan fingerprint density at radius 2 is 1.38 bits per heavy atom. The molecule has 0 bridgehead atoms. The zero-order valence-corrected chi connectivity index (χ0v) is 28.7. The Morgan fingerprint density at radius 3 is 1.85 bits per heavy atom. The molecule has 4 aromatic carbocycles. The smallest absolute Gasteiger partial charge is 0.416 e. The maximum atomic E-state index is 12.6. The van der Waals surface area contributed by atoms with Gasteiger partial charge >= 0.3 is 18.1 Å². The Hall–Kier alpha value is -5.59. The number of ether oxygens (including phenoxy) is 1. The van der Waals surface area contributed by atoms with E-state index in [4.69, 9.17) is 41.8 Å². The highest BCUT2D eigenvalue weighted by Gasteiger charge is 2.32. The van der Waals surface area contributed by atoms with Gasteiger partial charge in [-0.1, -0.05) is 42.5 Å². The number of hydrogen-bond acceptors (Lipinski definition) is 12. The number of phenolic OH excluding ortho intramolecular Hbond substituents is 4. The quantitative estimate of drug-likeness (QED) is 0.0526. The van der Waals surface area contributed by atoms with Crippen molar-refractivity contribution in [3.63, 3.8) is 0 Å². The third-order valence-electron chi connectivity index (χ3n) is 7.64. The Labute approximate surface area is 302 Å². The van der Waals surface area contributed by atoms with E-state index in [2.05, 4.69) is 10.7 Å². The number of carbonyl (C=O) groups is 2. The van der Waals surface area contributed by atoms with Crippen molar-refractivity contribution in [3.05, 3.63) is 113 Å². The lowest BCUT2D eigenvalue weighted by molar-refractivity contribution is -0.144. The zero-order valence-electron chi connectivity index (χ0n) is 28.7. The fourth-order valence-corrected chi connectivity index (χ4v) is 4.47. The molecule has 53 heavy (non-hydrogen) atoms. The summed E-state index contributed by atoms with van der Waals surface area (Å²) in [4.78, 5) is 21.4. The minimum Gasteiger partial charge on any atom is -0.504 e. The third kappa shape index (κ3) is 13.5. The second-order valence-electron chi connectivity index (χ2n) is 11.8. The number of nitrogens with one attached hydrogen (secondary N) is 2. The molecule has 4 atom stereocenters. The molecule has 17 heteroatoms. The molecular weight excluding hydrogens is 705 g/mol. The van der Waals surface area contributed by atoms with Crippen molar-refractivity contribution in [3.8, 4) is 28.7 Å². The van der Waals surface area contributed by atoms with Crippen molar-refractivity contribution < 1.29 is 63.2 Å². The van der Waals surface area contributed by atoms with E-state index in [9.17, 15) is 33.0 Å². The molecule has 0 saturated heterocycles. The number of carboxylic acids is 2. The number of aromatic hydroxyl groups is 4. The van der Waals surface area contributed by atoms with Gasteiger partial charge in [0, 0.05) is 12.8 Å². The lowest BCUT2D eigenvalue weighted by Crippen LogP contribution is -2.54. The summed E-state index contributed by atoms with van der Waals surface area (Å²) in [5, 5.41) is 66.5. The number of nitrogens with two attached hydrogens (primary N) is 2. The van der Waals surface area contributed by atoms with Gasteiger partial charge in [0.25, 0.3) is 0 Å². The number of aliphatic hydroxyl groups is 1. The van der Waals surface area contributed by atoms with E-state index in [-0.39, 0.29) is 35.3 Å². The Morgan fingerprint density at radius 1 is 0.811 bits per heavy atom. The second kappa shape index (κ2) is 19.9. The topological polar surface area (TPSA) is 261 Å². The molecule has 0 aliphatic heterocycles. The van der Waals surface area contributed by atoms with Crippen molar-refractivity contribution in [2.45, 2.75) is 49.7 Å². The molecule has 4 rings (SSSR count). The number of hydrazine groups is 1. The highest BCUT2D eigenvalue weighted by Crippen LogP contribution is 2.32. The van der Waals surface area contributed by atoms with Gasteiger partial charge in [-0.25, -0.2) is 5.43 Å². The fourth-order valence-electron chi connectivity index (χ4n) is 4.47. The first-order valence-electron chi connectivity index (χ1n) is 15.8. The maximum absolute atomic E-state index is 12.6. The fraction of sp³-hybridized carbons (Fsp3) is 0.278. The van der Waals surface area contributed by atoms with Crippen molar-refractivity contribution in [2.75, 3.05) is 13.6 Å². The van der Waals surface area contributed by atoms with E-state index < -0.39 is 47.1 Å². The normalized spacial score (nSPS) is 13.8. The van der Waals surface area contributed by atoms with Gasteiger partial charge in [0.05, 0.1) is 5.56 Å². The molecule has 4 aromatic rings. The zero-order chi connectivity index (χ0) is 39.9. The number of rotatable bonds is 13. The number of benzene rings is 4. The summed E-state index contributed by atoms with van der Waals surface area (Å²) in [6, 6.07) is 20.6. The number of hydrogen-bond donors (Lipinski definition) is 11. The van der Waals surface area contributed by atoms with Crippen molar-refractivity contribution in [1.82, 2.24) is 10.7 Å². The standard InChI is InChI=1S/C17H18F3NO.C10H14N2O4.C9H11NO5/c1-21-12-11-16(13-5-3-2-4-6-13)22-15-9-7-14(8-10-15)17(18,19)20;1-10(12-11,9(15)16)5-6-2-3-7(13)8(14)4-6;10-7(9(14)15)8(13)4-1-2-5(11)6(12)3-4/h2-10,16,21H,11-12H2,1H3;2-4,12-14H,5,11H2,1H3,(H,15,16);1-3,7-8,11-13H,10H2,(H,14,15)/t;10-;7-,8-/m.00/s1. The van der Waals surface area contributed by atoms with Gasteiger partial charge in [0.1, 0.15) is 29.5 Å². The minimum absolute atomic E-state index is 0.0900. The van der Waals surface area contributed by atoms with Crippen LogP contribution in [0.3, 0.4) is 0 Å². The van der Waals surface area contributed by atoms with E-state index in [1.807, 2.05) is 37.4 Å². The van der Waals surface area contributed by atoms with Crippen molar-refractivity contribution in [1.29, 1.82) is 0 Å². The van der Waals surface area contributed by atoms with Gasteiger partial charge in [0.2, 0.25) is 0 Å². The third-order valence-corrected chi connectivity index (χ3v) is 7.64. The molecule has 288 valence electrons. The average Bonchev–Trinajstić information content (AvgIpc) is 3.12. The molecule has 0 amide bonds. The number of aliphatic hydroxyl groups excluding tert-OH is 1. The number of aliphatic carboxylic acids is 2. The van der Waals surface area contributed by atoms with E-state index in [1.165, 1.54) is 43.3 Å². The molecular formula is C36H43F3N4O10. The van der Waals surface area contributed by atoms with Gasteiger partial charge in [0.15, 0.2) is 23.0 Å². The molecule has 0 aromatic heterocycles. The van der Waals surface area contributed by atoms with E-state index in [0.717, 1.165) is 42.8 Å². The van der Waals surface area contributed by atoms with Crippen molar-refractivity contribution >= 4 is 11.9 Å². The van der Waals surface area contributed by atoms with Gasteiger partial charge in [-0.2, -0.15) is 13.2 Å². The van der Waals surface area contributed by atoms with Gasteiger partial charge in [-0.15, -0.1) is 0 Å². The molecule has 1 unspecified atom stereocenters. The Balaban J connectivity index is 0.000000282. The van der Waals surface area contributed by atoms with Crippen LogP contribution < -0.4 is 27.1 Å². The highest BCUT2D eigenvalue weighted by atomic mass is 19.4. The van der Waals surface area contributed by atoms with Crippen LogP contribution in [0.5, 0.6) is 28.7 Å². The first-order valence-corrected chi connectivity index (χ1v) is 15.8. The molecule has 13 N–H and O–H groups in total. The molecule has 0 spiro atoms. The number of carboxylic acid groups (broad SMARTS) is 2. The average molecular weight is 749 g/mol. The summed E-state index contributed by atoms with van der Waals surface area (Å²) in [7, 11) is 1.85. The summed E-state index contributed by atoms with van der Waals surface area (Å²) in [5.41, 5.74) is 7.09. The van der Waals surface area contributed by atoms with Gasteiger partial charge in [-0.05, 0) is 85.7 Å². The largest absolute Gasteiger partial charge is 0.504 e. The van der Waals surface area contributed by atoms with Crippen LogP contribution in [0.1, 0.15) is 47.8 Å². The molecule has 0 saturated carbocycles. The van der Waals surface area contributed by atoms with Crippen LogP contribution in [-0.2, 0) is 22.2 Å². The predicted octanol–water partition coefficient (Wildman–Crippen LogP) is 3.93. The molecule has 0 heterocycles.